The number of fused-ring (bicyclic) bond motifs is 3. The molecule has 0 fully saturated rings. The van der Waals surface area contributed by atoms with E-state index in [1.165, 1.54) is 6.92 Å². The molecule has 0 aliphatic heterocycles. The Kier molecular flexibility index (Phi) is 2.30. The summed E-state index contributed by atoms with van der Waals surface area (Å²) in [5, 5.41) is 1.50. The highest BCUT2D eigenvalue weighted by Crippen LogP contribution is 2.36. The molecule has 0 aliphatic rings. The maximum atomic E-state index is 7.85. The number of rotatable bonds is 2. The molecule has 0 saturated heterocycles. The lowest BCUT2D eigenvalue weighted by molar-refractivity contribution is -0.660. The molecular formula is C24H27N2O+. The molecule has 0 bridgehead atoms. The van der Waals surface area contributed by atoms with Crippen LogP contribution in [0.25, 0.3) is 33.3 Å². The summed E-state index contributed by atoms with van der Waals surface area (Å²) in [6.07, 6.45) is 1.30. The summed E-state index contributed by atoms with van der Waals surface area (Å²) in [6, 6.07) is 10.6. The molecule has 0 radical (unpaired) electrons. The number of aromatic nitrogens is 2. The molecule has 3 heteroatoms. The first-order valence-electron chi connectivity index (χ1n) is 13.3. The van der Waals surface area contributed by atoms with E-state index in [2.05, 4.69) is 4.98 Å². The van der Waals surface area contributed by atoms with E-state index in [1.54, 1.807) is 42.1 Å². The quantitative estimate of drug-likeness (QED) is 0.426. The Hall–Kier alpha value is -2.68. The molecule has 138 valence electrons. The molecule has 3 heterocycles. The number of hydrogen-bond acceptors (Lipinski definition) is 2. The Morgan fingerprint density at radius 1 is 1.11 bits per heavy atom. The van der Waals surface area contributed by atoms with Gasteiger partial charge >= 0.3 is 0 Å². The first-order valence-corrected chi connectivity index (χ1v) is 8.76. The van der Waals surface area contributed by atoms with Crippen molar-refractivity contribution in [1.82, 2.24) is 4.98 Å². The Morgan fingerprint density at radius 2 is 1.93 bits per heavy atom. The van der Waals surface area contributed by atoms with Gasteiger partial charge in [0.15, 0.2) is 11.8 Å². The van der Waals surface area contributed by atoms with Gasteiger partial charge in [0.05, 0.1) is 5.56 Å². The van der Waals surface area contributed by atoms with Crippen molar-refractivity contribution in [2.24, 2.45) is 12.5 Å². The van der Waals surface area contributed by atoms with E-state index in [9.17, 15) is 0 Å². The molecule has 1 aromatic carbocycles. The Bertz CT molecular complexity index is 1450. The third-order valence-electron chi connectivity index (χ3n) is 4.70. The first kappa shape index (κ1) is 10.0. The third-order valence-corrected chi connectivity index (χ3v) is 4.70. The van der Waals surface area contributed by atoms with Gasteiger partial charge in [0.1, 0.15) is 7.05 Å². The smallest absolute Gasteiger partial charge is 0.227 e. The molecule has 0 atom stereocenters. The van der Waals surface area contributed by atoms with Gasteiger partial charge in [0.25, 0.3) is 0 Å². The lowest BCUT2D eigenvalue weighted by Gasteiger charge is -2.16. The maximum absolute atomic E-state index is 7.85. The second-order valence-corrected chi connectivity index (χ2v) is 7.31. The van der Waals surface area contributed by atoms with Crippen LogP contribution in [0.3, 0.4) is 0 Å². The van der Waals surface area contributed by atoms with Crippen molar-refractivity contribution in [2.45, 2.75) is 40.8 Å². The average Bonchev–Trinajstić information content (AvgIpc) is 3.09. The zero-order valence-corrected chi connectivity index (χ0v) is 15.6. The zero-order chi connectivity index (χ0) is 26.8. The fraction of sp³-hybridized carbons (Fsp3) is 0.333. The maximum Gasteiger partial charge on any atom is 0.227 e. The highest BCUT2D eigenvalue weighted by Gasteiger charge is 2.21. The van der Waals surface area contributed by atoms with Crippen LogP contribution in [0.2, 0.25) is 0 Å². The normalized spacial score (nSPS) is 18.6. The standard InChI is InChI=1S/C24H27N2O/c1-15-7-12-20(26(6)14-15)21-16(2)8-10-18-19-11-9-17(13-24(3,4)5)25-23(19)27-22(18)21/h7-12,14H,13H2,1-6H3/q+1/i1D3,3D3,4D3. The molecule has 0 aliphatic carbocycles. The third kappa shape index (κ3) is 3.23. The van der Waals surface area contributed by atoms with Crippen LogP contribution in [0.5, 0.6) is 0 Å². The lowest BCUT2D eigenvalue weighted by atomic mass is 9.90. The average molecular weight is 369 g/mol. The van der Waals surface area contributed by atoms with E-state index in [-0.39, 0.29) is 17.7 Å². The van der Waals surface area contributed by atoms with Crippen LogP contribution in [-0.4, -0.2) is 4.98 Å². The molecule has 0 saturated carbocycles. The lowest BCUT2D eigenvalue weighted by Crippen LogP contribution is -2.31. The van der Waals surface area contributed by atoms with Crippen molar-refractivity contribution >= 4 is 22.1 Å². The van der Waals surface area contributed by atoms with Gasteiger partial charge in [-0.25, -0.2) is 9.55 Å². The fourth-order valence-corrected chi connectivity index (χ4v) is 3.50. The molecule has 3 nitrogen and oxygen atoms in total. The van der Waals surface area contributed by atoms with Crippen molar-refractivity contribution in [1.29, 1.82) is 0 Å². The Morgan fingerprint density at radius 3 is 2.67 bits per heavy atom. The first-order chi connectivity index (χ1) is 16.4. The molecule has 4 rings (SSSR count). The summed E-state index contributed by atoms with van der Waals surface area (Å²) in [4.78, 5) is 4.51. The van der Waals surface area contributed by atoms with Gasteiger partial charge in [-0.05, 0) is 49.4 Å². The summed E-state index contributed by atoms with van der Waals surface area (Å²) in [6.45, 7) is -4.50. The summed E-state index contributed by atoms with van der Waals surface area (Å²) < 4.78 is 78.0. The molecule has 0 unspecified atom stereocenters. The van der Waals surface area contributed by atoms with Crippen LogP contribution in [0.1, 0.15) is 49.8 Å². The summed E-state index contributed by atoms with van der Waals surface area (Å²) >= 11 is 0. The van der Waals surface area contributed by atoms with Crippen molar-refractivity contribution < 1.29 is 21.3 Å². The minimum atomic E-state index is -2.72. The van der Waals surface area contributed by atoms with E-state index in [0.29, 0.717) is 16.7 Å². The van der Waals surface area contributed by atoms with Gasteiger partial charge in [-0.1, -0.05) is 32.8 Å². The van der Waals surface area contributed by atoms with Gasteiger partial charge in [-0.15, -0.1) is 0 Å². The van der Waals surface area contributed by atoms with Crippen molar-refractivity contribution in [2.75, 3.05) is 0 Å². The predicted octanol–water partition coefficient (Wildman–Crippen LogP) is 5.68. The van der Waals surface area contributed by atoms with Crippen LogP contribution in [-0.2, 0) is 13.5 Å². The number of aryl methyl sites for hydroxylation is 3. The second-order valence-electron chi connectivity index (χ2n) is 7.31. The number of pyridine rings is 2. The minimum absolute atomic E-state index is 0.223. The molecule has 4 aromatic rings. The van der Waals surface area contributed by atoms with Crippen molar-refractivity contribution in [3.63, 3.8) is 0 Å². The van der Waals surface area contributed by atoms with Gasteiger partial charge in [0.2, 0.25) is 11.4 Å². The van der Waals surface area contributed by atoms with Gasteiger partial charge < -0.3 is 4.42 Å². The van der Waals surface area contributed by atoms with E-state index >= 15 is 0 Å². The fourth-order valence-electron chi connectivity index (χ4n) is 3.50. The number of furan rings is 1. The van der Waals surface area contributed by atoms with Crippen LogP contribution < -0.4 is 4.57 Å². The highest BCUT2D eigenvalue weighted by atomic mass is 16.3. The van der Waals surface area contributed by atoms with Gasteiger partial charge in [-0.2, -0.15) is 0 Å². The zero-order valence-electron chi connectivity index (χ0n) is 24.6. The van der Waals surface area contributed by atoms with Crippen LogP contribution in [0.15, 0.2) is 47.0 Å². The van der Waals surface area contributed by atoms with E-state index < -0.39 is 26.0 Å². The summed E-state index contributed by atoms with van der Waals surface area (Å²) in [5.41, 5.74) is 1.83. The molecule has 0 N–H and O–H groups in total. The van der Waals surface area contributed by atoms with Crippen LogP contribution >= 0.6 is 0 Å². The largest absolute Gasteiger partial charge is 0.437 e. The van der Waals surface area contributed by atoms with Crippen LogP contribution in [0.4, 0.5) is 0 Å². The monoisotopic (exact) mass is 368 g/mol. The molecular weight excluding hydrogens is 332 g/mol. The van der Waals surface area contributed by atoms with Gasteiger partial charge in [0, 0.05) is 40.4 Å². The second kappa shape index (κ2) is 6.19. The summed E-state index contributed by atoms with van der Waals surface area (Å²) in [7, 11) is 1.77. The number of nitrogens with zero attached hydrogens (tertiary/aromatic N) is 2. The van der Waals surface area contributed by atoms with Crippen molar-refractivity contribution in [3.8, 4) is 11.3 Å². The number of benzene rings is 1. The van der Waals surface area contributed by atoms with Crippen molar-refractivity contribution in [3.05, 3.63) is 59.4 Å². The topological polar surface area (TPSA) is 29.9 Å². The Labute approximate surface area is 173 Å². The predicted molar refractivity (Wildman–Crippen MR) is 111 cm³/mol. The Balaban J connectivity index is 1.87. The van der Waals surface area contributed by atoms with Crippen LogP contribution in [0, 0.1) is 19.2 Å². The van der Waals surface area contributed by atoms with E-state index in [4.69, 9.17) is 16.8 Å². The highest BCUT2D eigenvalue weighted by molar-refractivity contribution is 6.08. The summed E-state index contributed by atoms with van der Waals surface area (Å²) in [5.74, 6) is 0. The van der Waals surface area contributed by atoms with Gasteiger partial charge in [-0.3, -0.25) is 0 Å². The van der Waals surface area contributed by atoms with E-state index in [1.807, 2.05) is 19.1 Å². The molecule has 0 spiro atoms. The number of hydrogen-bond donors (Lipinski definition) is 0. The van der Waals surface area contributed by atoms with E-state index in [0.717, 1.165) is 22.2 Å². The molecule has 0 amide bonds. The SMILES string of the molecule is [2H]C([2H])([2H])c1ccc(-c2c(C)ccc3c2oc2nc(CC(C)(C([2H])([2H])[2H])C([2H])([2H])[2H])ccc23)[n+](C)c1. The molecule has 3 aromatic heterocycles. The molecule has 27 heavy (non-hydrogen) atoms. The minimum Gasteiger partial charge on any atom is -0.437 e.